The smallest absolute Gasteiger partial charge is 0.0726 e. The monoisotopic (exact) mass is 428 g/mol. The molecule has 0 fully saturated rings. The maximum atomic E-state index is 6.51. The summed E-state index contributed by atoms with van der Waals surface area (Å²) >= 11 is 10.3. The van der Waals surface area contributed by atoms with Crippen LogP contribution in [0.2, 0.25) is 5.02 Å². The van der Waals surface area contributed by atoms with Crippen LogP contribution < -0.4 is 0 Å². The van der Waals surface area contributed by atoms with Gasteiger partial charge in [0, 0.05) is 15.1 Å². The van der Waals surface area contributed by atoms with Gasteiger partial charge in [-0.1, -0.05) is 94.3 Å². The lowest BCUT2D eigenvalue weighted by Crippen LogP contribution is -2.25. The van der Waals surface area contributed by atoms with Gasteiger partial charge in [0.1, 0.15) is 0 Å². The first-order valence-electron chi connectivity index (χ1n) is 9.01. The summed E-state index contributed by atoms with van der Waals surface area (Å²) in [5.41, 5.74) is 10.1. The Morgan fingerprint density at radius 3 is 1.93 bits per heavy atom. The number of rotatable bonds is 0. The van der Waals surface area contributed by atoms with Gasteiger partial charge in [0.15, 0.2) is 0 Å². The molecule has 0 nitrogen and oxygen atoms in total. The fourth-order valence-corrected chi connectivity index (χ4v) is 5.87. The first kappa shape index (κ1) is 15.7. The zero-order valence-corrected chi connectivity index (χ0v) is 16.7. The van der Waals surface area contributed by atoms with Crippen LogP contribution in [0.25, 0.3) is 22.3 Å². The predicted molar refractivity (Wildman–Crippen MR) is 115 cm³/mol. The molecule has 0 aliphatic heterocycles. The molecule has 0 heterocycles. The number of hydrogen-bond donors (Lipinski definition) is 0. The molecule has 2 aliphatic carbocycles. The molecule has 6 rings (SSSR count). The van der Waals surface area contributed by atoms with Gasteiger partial charge < -0.3 is 0 Å². The van der Waals surface area contributed by atoms with Gasteiger partial charge in [-0.15, -0.1) is 0 Å². The Morgan fingerprint density at radius 1 is 0.593 bits per heavy atom. The van der Waals surface area contributed by atoms with Crippen molar-refractivity contribution >= 4 is 27.5 Å². The highest BCUT2D eigenvalue weighted by Crippen LogP contribution is 2.63. The lowest BCUT2D eigenvalue weighted by Gasteiger charge is -2.30. The Kier molecular flexibility index (Phi) is 3.10. The van der Waals surface area contributed by atoms with E-state index in [2.05, 4.69) is 94.8 Å². The molecule has 0 saturated heterocycles. The van der Waals surface area contributed by atoms with Gasteiger partial charge in [0.2, 0.25) is 0 Å². The Morgan fingerprint density at radius 2 is 1.22 bits per heavy atom. The van der Waals surface area contributed by atoms with Crippen LogP contribution in [0.3, 0.4) is 0 Å². The molecule has 0 bridgehead atoms. The molecule has 0 unspecified atom stereocenters. The molecule has 2 aliphatic rings. The summed E-state index contributed by atoms with van der Waals surface area (Å²) in [6.07, 6.45) is 0. The summed E-state index contributed by atoms with van der Waals surface area (Å²) < 4.78 is 1.13. The van der Waals surface area contributed by atoms with Crippen molar-refractivity contribution in [2.45, 2.75) is 5.41 Å². The molecular weight excluding hydrogens is 416 g/mol. The van der Waals surface area contributed by atoms with Crippen molar-refractivity contribution in [2.75, 3.05) is 0 Å². The molecule has 2 heteroatoms. The quantitative estimate of drug-likeness (QED) is 0.235. The van der Waals surface area contributed by atoms with E-state index in [9.17, 15) is 0 Å². The van der Waals surface area contributed by atoms with Crippen LogP contribution in [0.5, 0.6) is 0 Å². The minimum Gasteiger partial charge on any atom is -0.0843 e. The highest BCUT2D eigenvalue weighted by atomic mass is 79.9. The lowest BCUT2D eigenvalue weighted by molar-refractivity contribution is 0.793. The third kappa shape index (κ3) is 1.79. The number of halogens is 2. The maximum Gasteiger partial charge on any atom is 0.0726 e. The third-order valence-corrected chi connectivity index (χ3v) is 6.92. The van der Waals surface area contributed by atoms with E-state index in [1.807, 2.05) is 6.07 Å². The molecule has 0 N–H and O–H groups in total. The van der Waals surface area contributed by atoms with Crippen molar-refractivity contribution in [3.63, 3.8) is 0 Å². The standard InChI is InChI=1S/C25H14BrCl/c26-23-11-5-10-21-24(23)18-13-12-15(27)14-22(18)25(21)19-8-3-1-6-16(19)17-7-2-4-9-20(17)25/h1-14H. The van der Waals surface area contributed by atoms with Crippen LogP contribution >= 0.6 is 27.5 Å². The van der Waals surface area contributed by atoms with Crippen LogP contribution in [0.15, 0.2) is 89.4 Å². The molecule has 27 heavy (non-hydrogen) atoms. The average Bonchev–Trinajstić information content (AvgIpc) is 3.16. The van der Waals surface area contributed by atoms with Crippen LogP contribution in [0.4, 0.5) is 0 Å². The summed E-state index contributed by atoms with van der Waals surface area (Å²) in [5.74, 6) is 0. The second-order valence-electron chi connectivity index (χ2n) is 7.19. The predicted octanol–water partition coefficient (Wildman–Crippen LogP) is 7.45. The summed E-state index contributed by atoms with van der Waals surface area (Å²) in [6.45, 7) is 0. The first-order chi connectivity index (χ1) is 13.2. The minimum atomic E-state index is -0.313. The molecule has 4 aromatic rings. The van der Waals surface area contributed by atoms with E-state index in [-0.39, 0.29) is 5.41 Å². The average molecular weight is 430 g/mol. The molecule has 0 amide bonds. The van der Waals surface area contributed by atoms with E-state index in [1.165, 1.54) is 44.5 Å². The SMILES string of the molecule is Clc1ccc2c(c1)C1(c3ccccc3-c3ccccc31)c1cccc(Br)c1-2. The molecule has 128 valence electrons. The van der Waals surface area contributed by atoms with E-state index in [0.717, 1.165) is 9.50 Å². The van der Waals surface area contributed by atoms with E-state index in [4.69, 9.17) is 11.6 Å². The summed E-state index contributed by atoms with van der Waals surface area (Å²) in [6, 6.07) is 30.4. The van der Waals surface area contributed by atoms with E-state index in [0.29, 0.717) is 0 Å². The fourth-order valence-electron chi connectivity index (χ4n) is 5.12. The Bertz CT molecular complexity index is 1210. The van der Waals surface area contributed by atoms with Crippen LogP contribution in [0.1, 0.15) is 22.3 Å². The van der Waals surface area contributed by atoms with Gasteiger partial charge in [0.25, 0.3) is 0 Å². The van der Waals surface area contributed by atoms with E-state index in [1.54, 1.807) is 0 Å². The van der Waals surface area contributed by atoms with Crippen molar-refractivity contribution in [3.05, 3.63) is 117 Å². The Hall–Kier alpha value is -2.35. The summed E-state index contributed by atoms with van der Waals surface area (Å²) in [7, 11) is 0. The van der Waals surface area contributed by atoms with Crippen molar-refractivity contribution in [1.82, 2.24) is 0 Å². The second kappa shape index (κ2) is 5.34. The molecule has 0 atom stereocenters. The van der Waals surface area contributed by atoms with E-state index < -0.39 is 0 Å². The number of benzene rings is 4. The van der Waals surface area contributed by atoms with Crippen LogP contribution in [0, 0.1) is 0 Å². The van der Waals surface area contributed by atoms with Crippen molar-refractivity contribution in [1.29, 1.82) is 0 Å². The topological polar surface area (TPSA) is 0 Å². The van der Waals surface area contributed by atoms with Crippen molar-refractivity contribution in [2.24, 2.45) is 0 Å². The van der Waals surface area contributed by atoms with Gasteiger partial charge in [-0.05, 0) is 57.1 Å². The van der Waals surface area contributed by atoms with Crippen molar-refractivity contribution in [3.8, 4) is 22.3 Å². The van der Waals surface area contributed by atoms with Gasteiger partial charge in [-0.3, -0.25) is 0 Å². The fraction of sp³-hybridized carbons (Fsp3) is 0.0400. The Labute approximate surface area is 171 Å². The first-order valence-corrected chi connectivity index (χ1v) is 10.2. The van der Waals surface area contributed by atoms with Gasteiger partial charge >= 0.3 is 0 Å². The van der Waals surface area contributed by atoms with Crippen molar-refractivity contribution < 1.29 is 0 Å². The highest BCUT2D eigenvalue weighted by Gasteiger charge is 2.51. The molecule has 0 saturated carbocycles. The summed E-state index contributed by atoms with van der Waals surface area (Å²) in [5, 5.41) is 0.777. The summed E-state index contributed by atoms with van der Waals surface area (Å²) in [4.78, 5) is 0. The van der Waals surface area contributed by atoms with E-state index >= 15 is 0 Å². The molecule has 4 aromatic carbocycles. The zero-order valence-electron chi connectivity index (χ0n) is 14.3. The number of hydrogen-bond acceptors (Lipinski definition) is 0. The zero-order chi connectivity index (χ0) is 18.2. The molecule has 0 radical (unpaired) electrons. The normalized spacial score (nSPS) is 14.6. The third-order valence-electron chi connectivity index (χ3n) is 6.02. The maximum absolute atomic E-state index is 6.51. The highest BCUT2D eigenvalue weighted by molar-refractivity contribution is 9.10. The Balaban J connectivity index is 1.89. The van der Waals surface area contributed by atoms with Gasteiger partial charge in [-0.25, -0.2) is 0 Å². The second-order valence-corrected chi connectivity index (χ2v) is 8.48. The van der Waals surface area contributed by atoms with Crippen LogP contribution in [-0.4, -0.2) is 0 Å². The molecule has 1 spiro atoms. The van der Waals surface area contributed by atoms with Gasteiger partial charge in [-0.2, -0.15) is 0 Å². The van der Waals surface area contributed by atoms with Crippen LogP contribution in [-0.2, 0) is 5.41 Å². The number of fused-ring (bicyclic) bond motifs is 10. The molecule has 0 aromatic heterocycles. The van der Waals surface area contributed by atoms with Gasteiger partial charge in [0.05, 0.1) is 5.41 Å². The minimum absolute atomic E-state index is 0.313. The molecular formula is C25H14BrCl. The lowest BCUT2D eigenvalue weighted by atomic mass is 9.70. The largest absolute Gasteiger partial charge is 0.0843 e.